The van der Waals surface area contributed by atoms with Crippen LogP contribution in [0.3, 0.4) is 0 Å². The first-order valence-corrected chi connectivity index (χ1v) is 7.40. The van der Waals surface area contributed by atoms with Crippen LogP contribution in [0, 0.1) is 5.92 Å². The second kappa shape index (κ2) is 5.79. The lowest BCUT2D eigenvalue weighted by Crippen LogP contribution is -2.40. The van der Waals surface area contributed by atoms with E-state index < -0.39 is 0 Å². The van der Waals surface area contributed by atoms with Crippen molar-refractivity contribution in [2.75, 3.05) is 26.3 Å². The van der Waals surface area contributed by atoms with Crippen molar-refractivity contribution in [2.45, 2.75) is 25.7 Å². The lowest BCUT2D eigenvalue weighted by molar-refractivity contribution is -0.101. The Morgan fingerprint density at radius 1 is 1.39 bits per heavy atom. The van der Waals surface area contributed by atoms with Gasteiger partial charge in [-0.05, 0) is 19.4 Å². The van der Waals surface area contributed by atoms with Gasteiger partial charge in [0.25, 0.3) is 0 Å². The van der Waals surface area contributed by atoms with Crippen LogP contribution in [0.25, 0.3) is 0 Å². The molecule has 0 radical (unpaired) electrons. The van der Waals surface area contributed by atoms with Gasteiger partial charge >= 0.3 is 0 Å². The number of likely N-dealkylation sites (tertiary alicyclic amines) is 1. The highest BCUT2D eigenvalue weighted by Crippen LogP contribution is 2.27. The minimum Gasteiger partial charge on any atom is -0.350 e. The molecule has 1 atom stereocenters. The Morgan fingerprint density at radius 3 is 2.94 bits per heavy atom. The van der Waals surface area contributed by atoms with Gasteiger partial charge in [0.15, 0.2) is 6.29 Å². The van der Waals surface area contributed by atoms with Crippen molar-refractivity contribution in [2.24, 2.45) is 5.92 Å². The number of nitrogens with zero attached hydrogens (tertiary/aromatic N) is 3. The molecule has 100 valence electrons. The van der Waals surface area contributed by atoms with Crippen LogP contribution in [-0.2, 0) is 16.0 Å². The minimum absolute atomic E-state index is 0.0168. The van der Waals surface area contributed by atoms with Crippen molar-refractivity contribution >= 4 is 23.1 Å². The summed E-state index contributed by atoms with van der Waals surface area (Å²) in [5.74, 6) is 0.464. The smallest absolute Gasteiger partial charge is 0.161 e. The van der Waals surface area contributed by atoms with Crippen molar-refractivity contribution in [3.8, 4) is 0 Å². The maximum absolute atomic E-state index is 6.04. The molecule has 18 heavy (non-hydrogen) atoms. The Morgan fingerprint density at radius 2 is 2.22 bits per heavy atom. The molecule has 2 saturated heterocycles. The molecule has 3 heterocycles. The van der Waals surface area contributed by atoms with E-state index in [1.807, 2.05) is 0 Å². The third kappa shape index (κ3) is 2.83. The van der Waals surface area contributed by atoms with Gasteiger partial charge < -0.3 is 9.47 Å². The molecule has 2 aliphatic rings. The lowest BCUT2D eigenvalue weighted by Gasteiger charge is -2.34. The molecule has 7 heteroatoms. The van der Waals surface area contributed by atoms with Crippen LogP contribution >= 0.6 is 23.1 Å². The monoisotopic (exact) mass is 289 g/mol. The molecule has 0 amide bonds. The Bertz CT molecular complexity index is 397. The van der Waals surface area contributed by atoms with Gasteiger partial charge in [-0.2, -0.15) is 0 Å². The Balaban J connectivity index is 1.58. The third-order valence-corrected chi connectivity index (χ3v) is 4.44. The van der Waals surface area contributed by atoms with Crippen molar-refractivity contribution in [3.05, 3.63) is 10.0 Å². The number of piperidine rings is 1. The zero-order chi connectivity index (χ0) is 12.4. The summed E-state index contributed by atoms with van der Waals surface area (Å²) < 4.78 is 15.8. The SMILES string of the molecule is Clc1snnc1CN1CCCC(C2OCCO2)C1. The zero-order valence-corrected chi connectivity index (χ0v) is 11.6. The summed E-state index contributed by atoms with van der Waals surface area (Å²) in [6, 6.07) is 0. The number of ether oxygens (including phenoxy) is 2. The molecule has 1 aromatic rings. The van der Waals surface area contributed by atoms with Gasteiger partial charge in [0.05, 0.1) is 13.2 Å². The Kier molecular flexibility index (Phi) is 4.10. The van der Waals surface area contributed by atoms with Gasteiger partial charge in [-0.1, -0.05) is 16.1 Å². The van der Waals surface area contributed by atoms with E-state index >= 15 is 0 Å². The van der Waals surface area contributed by atoms with E-state index in [2.05, 4.69) is 14.5 Å². The van der Waals surface area contributed by atoms with Crippen molar-refractivity contribution in [1.82, 2.24) is 14.5 Å². The zero-order valence-electron chi connectivity index (χ0n) is 10.0. The molecular weight excluding hydrogens is 274 g/mol. The summed E-state index contributed by atoms with van der Waals surface area (Å²) in [6.07, 6.45) is 2.32. The molecule has 3 rings (SSSR count). The highest BCUT2D eigenvalue weighted by atomic mass is 35.5. The van der Waals surface area contributed by atoms with Gasteiger partial charge in [-0.25, -0.2) is 0 Å². The first kappa shape index (κ1) is 12.7. The molecule has 0 aromatic carbocycles. The average Bonchev–Trinajstić information content (AvgIpc) is 3.02. The summed E-state index contributed by atoms with van der Waals surface area (Å²) >= 11 is 7.29. The van der Waals surface area contributed by atoms with E-state index in [4.69, 9.17) is 21.1 Å². The standard InChI is InChI=1S/C11H16ClN3O2S/c12-10-9(13-14-18-10)7-15-3-1-2-8(6-15)11-16-4-5-17-11/h8,11H,1-7H2. The normalized spacial score (nSPS) is 26.8. The first-order valence-electron chi connectivity index (χ1n) is 6.25. The predicted molar refractivity (Wildman–Crippen MR) is 68.6 cm³/mol. The Hall–Kier alpha value is -0.270. The van der Waals surface area contributed by atoms with Crippen LogP contribution in [0.5, 0.6) is 0 Å². The van der Waals surface area contributed by atoms with E-state index in [1.165, 1.54) is 24.4 Å². The van der Waals surface area contributed by atoms with Crippen LogP contribution in [0.4, 0.5) is 0 Å². The lowest BCUT2D eigenvalue weighted by atomic mass is 9.97. The fraction of sp³-hybridized carbons (Fsp3) is 0.818. The second-order valence-corrected chi connectivity index (χ2v) is 6.10. The number of halogens is 1. The fourth-order valence-corrected chi connectivity index (χ4v) is 3.22. The molecule has 0 N–H and O–H groups in total. The number of rotatable bonds is 3. The van der Waals surface area contributed by atoms with Gasteiger partial charge in [-0.15, -0.1) is 5.10 Å². The molecule has 5 nitrogen and oxygen atoms in total. The first-order chi connectivity index (χ1) is 8.83. The van der Waals surface area contributed by atoms with E-state index in [-0.39, 0.29) is 6.29 Å². The molecule has 2 aliphatic heterocycles. The van der Waals surface area contributed by atoms with Crippen LogP contribution < -0.4 is 0 Å². The quantitative estimate of drug-likeness (QED) is 0.849. The number of hydrogen-bond acceptors (Lipinski definition) is 6. The Labute approximate surface area is 115 Å². The van der Waals surface area contributed by atoms with Crippen molar-refractivity contribution < 1.29 is 9.47 Å². The molecule has 0 saturated carbocycles. The largest absolute Gasteiger partial charge is 0.350 e. The van der Waals surface area contributed by atoms with E-state index in [0.29, 0.717) is 10.3 Å². The van der Waals surface area contributed by atoms with Gasteiger partial charge in [0, 0.05) is 30.5 Å². The van der Waals surface area contributed by atoms with Gasteiger partial charge in [0.1, 0.15) is 10.0 Å². The minimum atomic E-state index is -0.0168. The fourth-order valence-electron chi connectivity index (χ4n) is 2.61. The topological polar surface area (TPSA) is 47.5 Å². The van der Waals surface area contributed by atoms with Crippen LogP contribution in [0.15, 0.2) is 0 Å². The maximum atomic E-state index is 6.04. The van der Waals surface area contributed by atoms with E-state index in [9.17, 15) is 0 Å². The molecule has 2 fully saturated rings. The molecule has 0 bridgehead atoms. The molecule has 0 spiro atoms. The summed E-state index contributed by atoms with van der Waals surface area (Å²) in [5.41, 5.74) is 0.885. The van der Waals surface area contributed by atoms with Crippen molar-refractivity contribution in [1.29, 1.82) is 0 Å². The molecule has 1 aromatic heterocycles. The summed E-state index contributed by atoms with van der Waals surface area (Å²) in [4.78, 5) is 2.36. The number of aromatic nitrogens is 2. The number of hydrogen-bond donors (Lipinski definition) is 0. The second-order valence-electron chi connectivity index (χ2n) is 4.74. The van der Waals surface area contributed by atoms with E-state index in [1.54, 1.807) is 0 Å². The predicted octanol–water partition coefficient (Wildman–Crippen LogP) is 1.78. The van der Waals surface area contributed by atoms with Crippen LogP contribution in [0.2, 0.25) is 4.34 Å². The summed E-state index contributed by atoms with van der Waals surface area (Å²) in [5, 5.41) is 4.06. The van der Waals surface area contributed by atoms with Gasteiger partial charge in [-0.3, -0.25) is 4.90 Å². The van der Waals surface area contributed by atoms with Crippen LogP contribution in [-0.4, -0.2) is 47.1 Å². The highest BCUT2D eigenvalue weighted by Gasteiger charge is 2.31. The summed E-state index contributed by atoms with van der Waals surface area (Å²) in [6.45, 7) is 4.29. The van der Waals surface area contributed by atoms with Gasteiger partial charge in [0.2, 0.25) is 0 Å². The van der Waals surface area contributed by atoms with E-state index in [0.717, 1.165) is 38.5 Å². The van der Waals surface area contributed by atoms with Crippen molar-refractivity contribution in [3.63, 3.8) is 0 Å². The highest BCUT2D eigenvalue weighted by molar-refractivity contribution is 7.10. The molecular formula is C11H16ClN3O2S. The maximum Gasteiger partial charge on any atom is 0.161 e. The third-order valence-electron chi connectivity index (χ3n) is 3.46. The molecule has 0 aliphatic carbocycles. The molecule has 1 unspecified atom stereocenters. The summed E-state index contributed by atoms with van der Waals surface area (Å²) in [7, 11) is 0. The average molecular weight is 290 g/mol. The van der Waals surface area contributed by atoms with Crippen LogP contribution in [0.1, 0.15) is 18.5 Å².